The summed E-state index contributed by atoms with van der Waals surface area (Å²) in [5.41, 5.74) is 0.879. The van der Waals surface area contributed by atoms with Crippen molar-refractivity contribution in [2.24, 2.45) is 0 Å². The molecule has 88 valence electrons. The topological polar surface area (TPSA) is 33.5 Å². The first-order valence-electron chi connectivity index (χ1n) is 5.61. The molecule has 0 radical (unpaired) electrons. The molecule has 2 heterocycles. The molecule has 1 saturated heterocycles. The lowest BCUT2D eigenvalue weighted by Gasteiger charge is -2.13. The molecule has 1 atom stereocenters. The molecule has 0 aliphatic carbocycles. The molecule has 1 amide bonds. The van der Waals surface area contributed by atoms with Crippen LogP contribution in [0.5, 0.6) is 0 Å². The summed E-state index contributed by atoms with van der Waals surface area (Å²) in [6, 6.07) is 9.89. The van der Waals surface area contributed by atoms with Gasteiger partial charge in [0.1, 0.15) is 11.3 Å². The second-order valence-electron chi connectivity index (χ2n) is 4.33. The zero-order valence-corrected chi connectivity index (χ0v) is 10.8. The molecule has 1 fully saturated rings. The maximum atomic E-state index is 11.7. The van der Waals surface area contributed by atoms with Crippen LogP contribution in [0.25, 0.3) is 11.0 Å². The van der Waals surface area contributed by atoms with E-state index in [-0.39, 0.29) is 10.7 Å². The average molecular weight is 294 g/mol. The fourth-order valence-corrected chi connectivity index (χ4v) is 2.81. The van der Waals surface area contributed by atoms with Crippen LogP contribution in [-0.4, -0.2) is 22.2 Å². The van der Waals surface area contributed by atoms with Gasteiger partial charge < -0.3 is 9.32 Å². The van der Waals surface area contributed by atoms with Gasteiger partial charge in [-0.3, -0.25) is 4.79 Å². The van der Waals surface area contributed by atoms with Crippen molar-refractivity contribution in [2.45, 2.75) is 17.8 Å². The number of benzene rings is 1. The molecule has 3 rings (SSSR count). The van der Waals surface area contributed by atoms with Crippen LogP contribution in [0.15, 0.2) is 34.7 Å². The lowest BCUT2D eigenvalue weighted by atomic mass is 10.2. The highest BCUT2D eigenvalue weighted by molar-refractivity contribution is 9.09. The van der Waals surface area contributed by atoms with Crippen molar-refractivity contribution >= 4 is 32.8 Å². The van der Waals surface area contributed by atoms with Gasteiger partial charge in [0.05, 0.1) is 6.54 Å². The number of furan rings is 1. The van der Waals surface area contributed by atoms with Crippen molar-refractivity contribution < 1.29 is 9.21 Å². The predicted molar refractivity (Wildman–Crippen MR) is 69.0 cm³/mol. The van der Waals surface area contributed by atoms with E-state index in [9.17, 15) is 4.79 Å². The first kappa shape index (κ1) is 10.8. The van der Waals surface area contributed by atoms with E-state index in [4.69, 9.17) is 4.42 Å². The molecular formula is C13H12BrNO2. The highest BCUT2D eigenvalue weighted by Crippen LogP contribution is 2.24. The van der Waals surface area contributed by atoms with Gasteiger partial charge in [-0.15, -0.1) is 0 Å². The van der Waals surface area contributed by atoms with Crippen LogP contribution < -0.4 is 0 Å². The third kappa shape index (κ3) is 2.09. The summed E-state index contributed by atoms with van der Waals surface area (Å²) in [7, 11) is 0. The molecule has 17 heavy (non-hydrogen) atoms. The molecular weight excluding hydrogens is 282 g/mol. The van der Waals surface area contributed by atoms with E-state index in [1.165, 1.54) is 0 Å². The van der Waals surface area contributed by atoms with Crippen molar-refractivity contribution in [3.05, 3.63) is 36.1 Å². The summed E-state index contributed by atoms with van der Waals surface area (Å²) in [4.78, 5) is 13.8. The Balaban J connectivity index is 1.83. The zero-order chi connectivity index (χ0) is 11.8. The van der Waals surface area contributed by atoms with E-state index in [1.54, 1.807) is 0 Å². The molecule has 1 unspecified atom stereocenters. The fourth-order valence-electron chi connectivity index (χ4n) is 2.18. The monoisotopic (exact) mass is 293 g/mol. The molecule has 0 saturated carbocycles. The average Bonchev–Trinajstić information content (AvgIpc) is 2.82. The van der Waals surface area contributed by atoms with Crippen molar-refractivity contribution in [3.8, 4) is 0 Å². The Bertz CT molecular complexity index is 530. The molecule has 1 aromatic carbocycles. The van der Waals surface area contributed by atoms with Crippen LogP contribution >= 0.6 is 15.9 Å². The molecule has 1 aliphatic rings. The smallest absolute Gasteiger partial charge is 0.224 e. The van der Waals surface area contributed by atoms with Crippen LogP contribution in [0, 0.1) is 0 Å². The van der Waals surface area contributed by atoms with Gasteiger partial charge in [0.25, 0.3) is 0 Å². The Hall–Kier alpha value is -1.29. The number of rotatable bonds is 2. The predicted octanol–water partition coefficient (Wildman–Crippen LogP) is 2.93. The summed E-state index contributed by atoms with van der Waals surface area (Å²) in [6.07, 6.45) is 0.584. The number of hydrogen-bond donors (Lipinski definition) is 0. The molecule has 1 aromatic heterocycles. The van der Waals surface area contributed by atoms with E-state index >= 15 is 0 Å². The normalized spacial score (nSPS) is 20.4. The number of carbonyl (C=O) groups excluding carboxylic acids is 1. The number of amides is 1. The lowest BCUT2D eigenvalue weighted by Crippen LogP contribution is -2.24. The van der Waals surface area contributed by atoms with Gasteiger partial charge in [-0.1, -0.05) is 34.1 Å². The fraction of sp³-hybridized carbons (Fsp3) is 0.308. The van der Waals surface area contributed by atoms with Crippen LogP contribution in [0.3, 0.4) is 0 Å². The van der Waals surface area contributed by atoms with Gasteiger partial charge in [-0.05, 0) is 12.1 Å². The van der Waals surface area contributed by atoms with Crippen LogP contribution in [-0.2, 0) is 11.3 Å². The van der Waals surface area contributed by atoms with E-state index in [0.717, 1.165) is 23.3 Å². The molecule has 0 bridgehead atoms. The Morgan fingerprint density at radius 2 is 2.24 bits per heavy atom. The minimum atomic E-state index is 0.187. The van der Waals surface area contributed by atoms with E-state index in [1.807, 2.05) is 35.2 Å². The first-order valence-corrected chi connectivity index (χ1v) is 6.53. The zero-order valence-electron chi connectivity index (χ0n) is 9.23. The Morgan fingerprint density at radius 3 is 2.94 bits per heavy atom. The number of fused-ring (bicyclic) bond motifs is 1. The maximum absolute atomic E-state index is 11.7. The standard InChI is InChI=1S/C13H12BrNO2/c14-10-6-13(16)15(7-10)8-11-5-9-3-1-2-4-12(9)17-11/h1-5,10H,6-8H2. The number of halogens is 1. The number of para-hydroxylation sites is 1. The molecule has 4 heteroatoms. The largest absolute Gasteiger partial charge is 0.459 e. The molecule has 0 N–H and O–H groups in total. The Kier molecular flexibility index (Phi) is 2.67. The minimum absolute atomic E-state index is 0.187. The van der Waals surface area contributed by atoms with Gasteiger partial charge in [0.2, 0.25) is 5.91 Å². The van der Waals surface area contributed by atoms with Gasteiger partial charge >= 0.3 is 0 Å². The van der Waals surface area contributed by atoms with Crippen LogP contribution in [0.2, 0.25) is 0 Å². The van der Waals surface area contributed by atoms with Gasteiger partial charge in [-0.25, -0.2) is 0 Å². The van der Waals surface area contributed by atoms with E-state index < -0.39 is 0 Å². The number of carbonyl (C=O) groups is 1. The number of alkyl halides is 1. The minimum Gasteiger partial charge on any atom is -0.459 e. The summed E-state index contributed by atoms with van der Waals surface area (Å²) >= 11 is 3.47. The van der Waals surface area contributed by atoms with E-state index in [0.29, 0.717) is 13.0 Å². The summed E-state index contributed by atoms with van der Waals surface area (Å²) in [5, 5.41) is 1.09. The number of likely N-dealkylation sites (tertiary alicyclic amines) is 1. The lowest BCUT2D eigenvalue weighted by molar-refractivity contribution is -0.128. The molecule has 3 nitrogen and oxygen atoms in total. The van der Waals surface area contributed by atoms with Crippen molar-refractivity contribution in [2.75, 3.05) is 6.54 Å². The first-order chi connectivity index (χ1) is 8.22. The summed E-state index contributed by atoms with van der Waals surface area (Å²) in [6.45, 7) is 1.32. The van der Waals surface area contributed by atoms with Crippen molar-refractivity contribution in [1.82, 2.24) is 4.90 Å². The molecule has 2 aromatic rings. The SMILES string of the molecule is O=C1CC(Br)CN1Cc1cc2ccccc2o1. The second kappa shape index (κ2) is 4.18. The van der Waals surface area contributed by atoms with Gasteiger partial charge in [0.15, 0.2) is 0 Å². The summed E-state index contributed by atoms with van der Waals surface area (Å²) in [5.74, 6) is 1.04. The van der Waals surface area contributed by atoms with Crippen molar-refractivity contribution in [3.63, 3.8) is 0 Å². The second-order valence-corrected chi connectivity index (χ2v) is 5.62. The quantitative estimate of drug-likeness (QED) is 0.798. The third-order valence-electron chi connectivity index (χ3n) is 2.99. The highest BCUT2D eigenvalue weighted by atomic mass is 79.9. The number of nitrogens with zero attached hydrogens (tertiary/aromatic N) is 1. The van der Waals surface area contributed by atoms with Crippen LogP contribution in [0.4, 0.5) is 0 Å². The Labute approximate surface area is 108 Å². The summed E-state index contributed by atoms with van der Waals surface area (Å²) < 4.78 is 5.70. The van der Waals surface area contributed by atoms with Crippen molar-refractivity contribution in [1.29, 1.82) is 0 Å². The molecule has 1 aliphatic heterocycles. The third-order valence-corrected chi connectivity index (χ3v) is 3.60. The number of hydrogen-bond acceptors (Lipinski definition) is 2. The van der Waals surface area contributed by atoms with Crippen LogP contribution in [0.1, 0.15) is 12.2 Å². The molecule has 0 spiro atoms. The highest BCUT2D eigenvalue weighted by Gasteiger charge is 2.28. The van der Waals surface area contributed by atoms with Gasteiger partial charge in [-0.2, -0.15) is 0 Å². The Morgan fingerprint density at radius 1 is 1.41 bits per heavy atom. The van der Waals surface area contributed by atoms with E-state index in [2.05, 4.69) is 15.9 Å². The maximum Gasteiger partial charge on any atom is 0.224 e. The van der Waals surface area contributed by atoms with Gasteiger partial charge in [0, 0.05) is 23.2 Å².